The molecule has 0 aliphatic heterocycles. The van der Waals surface area contributed by atoms with E-state index >= 15 is 0 Å². The third-order valence-corrected chi connectivity index (χ3v) is 3.79. The highest BCUT2D eigenvalue weighted by Crippen LogP contribution is 2.31. The van der Waals surface area contributed by atoms with Crippen molar-refractivity contribution in [3.63, 3.8) is 0 Å². The lowest BCUT2D eigenvalue weighted by Gasteiger charge is -2.23. The summed E-state index contributed by atoms with van der Waals surface area (Å²) in [5.41, 5.74) is 1.27. The summed E-state index contributed by atoms with van der Waals surface area (Å²) in [4.78, 5) is 7.64. The molecule has 0 amide bonds. The van der Waals surface area contributed by atoms with Gasteiger partial charge >= 0.3 is 0 Å². The van der Waals surface area contributed by atoms with E-state index in [0.717, 1.165) is 24.7 Å². The van der Waals surface area contributed by atoms with Gasteiger partial charge in [0.25, 0.3) is 0 Å². The minimum Gasteiger partial charge on any atom is -0.371 e. The highest BCUT2D eigenvalue weighted by atomic mass is 32.2. The molecule has 1 heterocycles. The van der Waals surface area contributed by atoms with Gasteiger partial charge in [-0.25, -0.2) is 0 Å². The fourth-order valence-corrected chi connectivity index (χ4v) is 2.73. The van der Waals surface area contributed by atoms with Crippen LogP contribution in [0, 0.1) is 0 Å². The van der Waals surface area contributed by atoms with Crippen molar-refractivity contribution >= 4 is 17.4 Å². The fraction of sp³-hybridized carbons (Fsp3) is 0.385. The summed E-state index contributed by atoms with van der Waals surface area (Å²) in [6.07, 6.45) is 1.37. The number of anilines is 1. The Bertz CT molecular complexity index is 469. The van der Waals surface area contributed by atoms with Crippen molar-refractivity contribution in [2.24, 2.45) is 0 Å². The first-order valence-electron chi connectivity index (χ1n) is 6.07. The topological polar surface area (TPSA) is 42.2 Å². The van der Waals surface area contributed by atoms with Gasteiger partial charge < -0.3 is 9.42 Å². The van der Waals surface area contributed by atoms with Crippen LogP contribution in [0.3, 0.4) is 0 Å². The van der Waals surface area contributed by atoms with Crippen molar-refractivity contribution in [3.8, 4) is 0 Å². The van der Waals surface area contributed by atoms with E-state index < -0.39 is 0 Å². The van der Waals surface area contributed by atoms with Crippen molar-refractivity contribution in [2.75, 3.05) is 18.0 Å². The van der Waals surface area contributed by atoms with Crippen molar-refractivity contribution in [2.45, 2.75) is 24.5 Å². The van der Waals surface area contributed by atoms with Crippen molar-refractivity contribution in [1.82, 2.24) is 10.1 Å². The first-order chi connectivity index (χ1) is 8.85. The zero-order valence-electron chi connectivity index (χ0n) is 10.7. The number of nitrogens with zero attached hydrogens (tertiary/aromatic N) is 3. The monoisotopic (exact) mass is 263 g/mol. The summed E-state index contributed by atoms with van der Waals surface area (Å²) < 4.78 is 4.74. The Morgan fingerprint density at radius 3 is 2.67 bits per heavy atom. The molecule has 2 rings (SSSR count). The molecule has 0 aliphatic carbocycles. The summed E-state index contributed by atoms with van der Waals surface area (Å²) in [6, 6.07) is 8.43. The number of hydrogen-bond acceptors (Lipinski definition) is 5. The van der Waals surface area contributed by atoms with E-state index in [9.17, 15) is 0 Å². The Hall–Kier alpha value is -1.49. The average Bonchev–Trinajstić information content (AvgIpc) is 2.92. The van der Waals surface area contributed by atoms with Crippen molar-refractivity contribution in [1.29, 1.82) is 0 Å². The lowest BCUT2D eigenvalue weighted by molar-refractivity contribution is 0.412. The lowest BCUT2D eigenvalue weighted by Crippen LogP contribution is -2.22. The summed E-state index contributed by atoms with van der Waals surface area (Å²) in [5, 5.41) is 3.83. The van der Waals surface area contributed by atoms with E-state index in [1.807, 2.05) is 0 Å². The molecule has 2 aromatic rings. The zero-order valence-corrected chi connectivity index (χ0v) is 11.5. The van der Waals surface area contributed by atoms with E-state index in [0.29, 0.717) is 0 Å². The van der Waals surface area contributed by atoms with Gasteiger partial charge in [0.05, 0.1) is 11.4 Å². The largest absolute Gasteiger partial charge is 0.371 e. The molecule has 0 bridgehead atoms. The van der Waals surface area contributed by atoms with Gasteiger partial charge in [-0.05, 0) is 26.0 Å². The summed E-state index contributed by atoms with van der Waals surface area (Å²) >= 11 is 1.74. The van der Waals surface area contributed by atoms with Crippen LogP contribution in [0.25, 0.3) is 0 Å². The Morgan fingerprint density at radius 1 is 1.22 bits per heavy atom. The van der Waals surface area contributed by atoms with Gasteiger partial charge in [-0.15, -0.1) is 11.8 Å². The van der Waals surface area contributed by atoms with Crippen molar-refractivity contribution in [3.05, 3.63) is 36.5 Å². The average molecular weight is 263 g/mol. The molecule has 1 aromatic carbocycles. The molecule has 0 spiro atoms. The molecule has 96 valence electrons. The van der Waals surface area contributed by atoms with Crippen LogP contribution in [0.1, 0.15) is 19.7 Å². The van der Waals surface area contributed by atoms with E-state index in [-0.39, 0.29) is 0 Å². The van der Waals surface area contributed by atoms with Crippen LogP contribution < -0.4 is 4.90 Å². The van der Waals surface area contributed by atoms with Crippen LogP contribution in [0.5, 0.6) is 0 Å². The Morgan fingerprint density at radius 2 is 2.00 bits per heavy atom. The second-order valence-corrected chi connectivity index (χ2v) is 4.79. The molecule has 0 fully saturated rings. The molecular formula is C13H17N3OS. The standard InChI is InChI=1S/C13H17N3OS/c1-3-16(4-2)11-7-5-6-8-12(11)18-9-13-14-10-17-15-13/h5-8,10H,3-4,9H2,1-2H3. The first kappa shape index (κ1) is 13.0. The van der Waals surface area contributed by atoms with Gasteiger partial charge in [-0.3, -0.25) is 0 Å². The predicted octanol–water partition coefficient (Wildman–Crippen LogP) is 3.21. The predicted molar refractivity (Wildman–Crippen MR) is 73.9 cm³/mol. The number of aromatic nitrogens is 2. The number of hydrogen-bond donors (Lipinski definition) is 0. The highest BCUT2D eigenvalue weighted by molar-refractivity contribution is 7.98. The number of benzene rings is 1. The zero-order chi connectivity index (χ0) is 12.8. The van der Waals surface area contributed by atoms with Crippen LogP contribution in [-0.2, 0) is 5.75 Å². The van der Waals surface area contributed by atoms with Gasteiger partial charge in [-0.2, -0.15) is 4.98 Å². The molecule has 18 heavy (non-hydrogen) atoms. The maximum atomic E-state index is 4.74. The van der Waals surface area contributed by atoms with Gasteiger partial charge in [-0.1, -0.05) is 17.3 Å². The molecule has 0 radical (unpaired) electrons. The van der Waals surface area contributed by atoms with Crippen LogP contribution >= 0.6 is 11.8 Å². The number of para-hydroxylation sites is 1. The minimum absolute atomic E-state index is 0.731. The smallest absolute Gasteiger partial charge is 0.213 e. The van der Waals surface area contributed by atoms with Crippen LogP contribution in [0.2, 0.25) is 0 Å². The normalized spacial score (nSPS) is 10.6. The SMILES string of the molecule is CCN(CC)c1ccccc1SCc1ncon1. The molecule has 0 N–H and O–H groups in total. The van der Waals surface area contributed by atoms with Gasteiger partial charge in [0.1, 0.15) is 0 Å². The van der Waals surface area contributed by atoms with E-state index in [1.165, 1.54) is 17.0 Å². The molecule has 0 saturated heterocycles. The Labute approximate surface area is 111 Å². The molecule has 0 atom stereocenters. The molecular weight excluding hydrogens is 246 g/mol. The molecule has 5 heteroatoms. The summed E-state index contributed by atoms with van der Waals surface area (Å²) in [5.74, 6) is 1.46. The lowest BCUT2D eigenvalue weighted by atomic mass is 10.3. The fourth-order valence-electron chi connectivity index (χ4n) is 1.80. The molecule has 0 unspecified atom stereocenters. The van der Waals surface area contributed by atoms with Gasteiger partial charge in [0.2, 0.25) is 6.39 Å². The van der Waals surface area contributed by atoms with Crippen LogP contribution in [0.15, 0.2) is 40.1 Å². The third-order valence-electron chi connectivity index (χ3n) is 2.73. The molecule has 0 saturated carbocycles. The molecule has 0 aliphatic rings. The first-order valence-corrected chi connectivity index (χ1v) is 7.05. The second kappa shape index (κ2) is 6.44. The number of thioether (sulfide) groups is 1. The van der Waals surface area contributed by atoms with Gasteiger partial charge in [0.15, 0.2) is 5.82 Å². The summed E-state index contributed by atoms with van der Waals surface area (Å²) in [6.45, 7) is 6.36. The maximum absolute atomic E-state index is 4.74. The minimum atomic E-state index is 0.731. The van der Waals surface area contributed by atoms with Crippen LogP contribution in [0.4, 0.5) is 5.69 Å². The molecule has 4 nitrogen and oxygen atoms in total. The third kappa shape index (κ3) is 3.04. The second-order valence-electron chi connectivity index (χ2n) is 3.78. The maximum Gasteiger partial charge on any atom is 0.213 e. The Balaban J connectivity index is 2.12. The van der Waals surface area contributed by atoms with E-state index in [2.05, 4.69) is 53.2 Å². The highest BCUT2D eigenvalue weighted by Gasteiger charge is 2.09. The molecule has 1 aromatic heterocycles. The van der Waals surface area contributed by atoms with Crippen molar-refractivity contribution < 1.29 is 4.52 Å². The van der Waals surface area contributed by atoms with E-state index in [1.54, 1.807) is 11.8 Å². The Kier molecular flexibility index (Phi) is 4.64. The van der Waals surface area contributed by atoms with E-state index in [4.69, 9.17) is 4.52 Å². The van der Waals surface area contributed by atoms with Gasteiger partial charge in [0, 0.05) is 18.0 Å². The number of rotatable bonds is 6. The summed E-state index contributed by atoms with van der Waals surface area (Å²) in [7, 11) is 0. The van der Waals surface area contributed by atoms with Crippen LogP contribution in [-0.4, -0.2) is 23.2 Å². The quantitative estimate of drug-likeness (QED) is 0.749.